The molecule has 2 aromatic rings. The third kappa shape index (κ3) is 2.78. The lowest BCUT2D eigenvalue weighted by Crippen LogP contribution is -2.14. The van der Waals surface area contributed by atoms with E-state index >= 15 is 0 Å². The van der Waals surface area contributed by atoms with Gasteiger partial charge in [-0.3, -0.25) is 9.89 Å². The van der Waals surface area contributed by atoms with Crippen LogP contribution < -0.4 is 5.32 Å². The molecule has 0 radical (unpaired) electrons. The summed E-state index contributed by atoms with van der Waals surface area (Å²) in [4.78, 5) is 11.8. The maximum atomic E-state index is 13.4. The Morgan fingerprint density at radius 1 is 1.32 bits per heavy atom. The minimum absolute atomic E-state index is 0.0892. The molecule has 1 heterocycles. The summed E-state index contributed by atoms with van der Waals surface area (Å²) in [5.41, 5.74) is 0.395. The molecule has 0 saturated carbocycles. The van der Waals surface area contributed by atoms with Crippen molar-refractivity contribution in [2.75, 3.05) is 5.32 Å². The minimum Gasteiger partial charge on any atom is -0.316 e. The summed E-state index contributed by atoms with van der Waals surface area (Å²) in [6.07, 6.45) is 0. The number of carbonyl (C=O) groups is 1. The lowest BCUT2D eigenvalue weighted by molar-refractivity contribution is 0.102. The van der Waals surface area contributed by atoms with Gasteiger partial charge in [0.25, 0.3) is 5.91 Å². The number of carbonyl (C=O) groups excluding carboxylic acids is 1. The molecule has 0 spiro atoms. The highest BCUT2D eigenvalue weighted by molar-refractivity contribution is 6.03. The lowest BCUT2D eigenvalue weighted by atomic mass is 10.1. The molecule has 19 heavy (non-hydrogen) atoms. The van der Waals surface area contributed by atoms with E-state index in [1.165, 1.54) is 6.07 Å². The molecule has 2 N–H and O–H groups in total. The predicted octanol–water partition coefficient (Wildman–Crippen LogP) is 3.06. The number of hydrogen-bond donors (Lipinski definition) is 2. The number of rotatable bonds is 3. The molecular formula is C13H13F2N3O. The van der Waals surface area contributed by atoms with E-state index in [0.717, 1.165) is 17.8 Å². The number of nitrogens with zero attached hydrogens (tertiary/aromatic N) is 1. The van der Waals surface area contributed by atoms with Crippen molar-refractivity contribution in [1.82, 2.24) is 10.2 Å². The van der Waals surface area contributed by atoms with E-state index in [-0.39, 0.29) is 11.6 Å². The number of aromatic nitrogens is 2. The maximum Gasteiger partial charge on any atom is 0.276 e. The summed E-state index contributed by atoms with van der Waals surface area (Å²) in [5, 5.41) is 8.69. The highest BCUT2D eigenvalue weighted by Crippen LogP contribution is 2.19. The molecule has 0 saturated heterocycles. The summed E-state index contributed by atoms with van der Waals surface area (Å²) in [6, 6.07) is 4.93. The highest BCUT2D eigenvalue weighted by atomic mass is 19.1. The van der Waals surface area contributed by atoms with Crippen molar-refractivity contribution < 1.29 is 13.6 Å². The second-order valence-electron chi connectivity index (χ2n) is 4.41. The SMILES string of the molecule is CC(C)c1cc(C(=O)Nc2c(F)cccc2F)n[nH]1. The average Bonchev–Trinajstić information content (AvgIpc) is 2.83. The quantitative estimate of drug-likeness (QED) is 0.896. The van der Waals surface area contributed by atoms with Gasteiger partial charge in [-0.2, -0.15) is 5.10 Å². The van der Waals surface area contributed by atoms with Crippen LogP contribution in [0.2, 0.25) is 0 Å². The zero-order chi connectivity index (χ0) is 14.0. The van der Waals surface area contributed by atoms with E-state index in [2.05, 4.69) is 15.5 Å². The molecule has 0 aliphatic rings. The van der Waals surface area contributed by atoms with Crippen molar-refractivity contribution in [3.05, 3.63) is 47.3 Å². The fraction of sp³-hybridized carbons (Fsp3) is 0.231. The number of anilines is 1. The Labute approximate surface area is 108 Å². The van der Waals surface area contributed by atoms with Gasteiger partial charge in [-0.1, -0.05) is 19.9 Å². The molecule has 1 amide bonds. The molecule has 0 unspecified atom stereocenters. The van der Waals surface area contributed by atoms with Crippen LogP contribution in [0.15, 0.2) is 24.3 Å². The van der Waals surface area contributed by atoms with Crippen LogP contribution in [0.3, 0.4) is 0 Å². The highest BCUT2D eigenvalue weighted by Gasteiger charge is 2.16. The first-order valence-electron chi connectivity index (χ1n) is 5.79. The van der Waals surface area contributed by atoms with Crippen LogP contribution in [0.4, 0.5) is 14.5 Å². The second kappa shape index (κ2) is 5.17. The Bertz CT molecular complexity index is 587. The Hall–Kier alpha value is -2.24. The molecule has 4 nitrogen and oxygen atoms in total. The average molecular weight is 265 g/mol. The summed E-state index contributed by atoms with van der Waals surface area (Å²) in [6.45, 7) is 3.87. The molecular weight excluding hydrogens is 252 g/mol. The van der Waals surface area contributed by atoms with Gasteiger partial charge in [0.2, 0.25) is 0 Å². The first-order chi connectivity index (χ1) is 8.99. The van der Waals surface area contributed by atoms with Crippen molar-refractivity contribution in [2.45, 2.75) is 19.8 Å². The fourth-order valence-corrected chi connectivity index (χ4v) is 1.54. The molecule has 0 bridgehead atoms. The Morgan fingerprint density at radius 3 is 2.47 bits per heavy atom. The molecule has 0 aliphatic carbocycles. The molecule has 1 aromatic heterocycles. The van der Waals surface area contributed by atoms with Gasteiger partial charge < -0.3 is 5.32 Å². The van der Waals surface area contributed by atoms with E-state index in [0.29, 0.717) is 0 Å². The molecule has 0 fully saturated rings. The summed E-state index contributed by atoms with van der Waals surface area (Å²) in [5.74, 6) is -2.13. The Kier molecular flexibility index (Phi) is 3.59. The summed E-state index contributed by atoms with van der Waals surface area (Å²) in [7, 11) is 0. The predicted molar refractivity (Wildman–Crippen MR) is 67.0 cm³/mol. The van der Waals surface area contributed by atoms with E-state index in [1.54, 1.807) is 6.07 Å². The van der Waals surface area contributed by atoms with E-state index < -0.39 is 23.2 Å². The van der Waals surface area contributed by atoms with Gasteiger partial charge in [0.15, 0.2) is 5.69 Å². The number of aromatic amines is 1. The number of nitrogens with one attached hydrogen (secondary N) is 2. The van der Waals surface area contributed by atoms with Crippen LogP contribution in [0.5, 0.6) is 0 Å². The van der Waals surface area contributed by atoms with Crippen molar-refractivity contribution in [1.29, 1.82) is 0 Å². The van der Waals surface area contributed by atoms with Crippen molar-refractivity contribution in [3.8, 4) is 0 Å². The smallest absolute Gasteiger partial charge is 0.276 e. The summed E-state index contributed by atoms with van der Waals surface area (Å²) >= 11 is 0. The van der Waals surface area contributed by atoms with Crippen molar-refractivity contribution >= 4 is 11.6 Å². The molecule has 1 aromatic carbocycles. The first-order valence-corrected chi connectivity index (χ1v) is 5.79. The zero-order valence-electron chi connectivity index (χ0n) is 10.5. The number of H-pyrrole nitrogens is 1. The van der Waals surface area contributed by atoms with Crippen LogP contribution in [-0.4, -0.2) is 16.1 Å². The second-order valence-corrected chi connectivity index (χ2v) is 4.41. The van der Waals surface area contributed by atoms with E-state index in [9.17, 15) is 13.6 Å². The monoisotopic (exact) mass is 265 g/mol. The van der Waals surface area contributed by atoms with Gasteiger partial charge in [-0.05, 0) is 24.1 Å². The van der Waals surface area contributed by atoms with Gasteiger partial charge in [-0.15, -0.1) is 0 Å². The number of hydrogen-bond acceptors (Lipinski definition) is 2. The largest absolute Gasteiger partial charge is 0.316 e. The van der Waals surface area contributed by atoms with Crippen molar-refractivity contribution in [2.24, 2.45) is 0 Å². The van der Waals surface area contributed by atoms with Gasteiger partial charge >= 0.3 is 0 Å². The maximum absolute atomic E-state index is 13.4. The van der Waals surface area contributed by atoms with E-state index in [4.69, 9.17) is 0 Å². The van der Waals surface area contributed by atoms with Gasteiger partial charge in [0.1, 0.15) is 17.3 Å². The molecule has 2 rings (SSSR count). The molecule has 100 valence electrons. The number of benzene rings is 1. The molecule has 0 atom stereocenters. The lowest BCUT2D eigenvalue weighted by Gasteiger charge is -2.05. The van der Waals surface area contributed by atoms with E-state index in [1.807, 2.05) is 13.8 Å². The van der Waals surface area contributed by atoms with Crippen LogP contribution in [0.1, 0.15) is 35.9 Å². The topological polar surface area (TPSA) is 57.8 Å². The third-order valence-corrected chi connectivity index (χ3v) is 2.65. The first kappa shape index (κ1) is 13.2. The fourth-order valence-electron chi connectivity index (χ4n) is 1.54. The van der Waals surface area contributed by atoms with Crippen LogP contribution in [0.25, 0.3) is 0 Å². The minimum atomic E-state index is -0.826. The Morgan fingerprint density at radius 2 is 1.95 bits per heavy atom. The van der Waals surface area contributed by atoms with Gasteiger partial charge in [0, 0.05) is 5.69 Å². The van der Waals surface area contributed by atoms with Crippen LogP contribution in [-0.2, 0) is 0 Å². The third-order valence-electron chi connectivity index (χ3n) is 2.65. The van der Waals surface area contributed by atoms with Crippen LogP contribution >= 0.6 is 0 Å². The van der Waals surface area contributed by atoms with Crippen LogP contribution in [0, 0.1) is 11.6 Å². The summed E-state index contributed by atoms with van der Waals surface area (Å²) < 4.78 is 26.8. The number of para-hydroxylation sites is 1. The standard InChI is InChI=1S/C13H13F2N3O/c1-7(2)10-6-11(18-17-10)13(19)16-12-8(14)4-3-5-9(12)15/h3-7H,1-2H3,(H,16,19)(H,17,18). The normalized spacial score (nSPS) is 10.8. The van der Waals surface area contributed by atoms with Crippen molar-refractivity contribution in [3.63, 3.8) is 0 Å². The zero-order valence-corrected chi connectivity index (χ0v) is 10.5. The molecule has 0 aliphatic heterocycles. The molecule has 6 heteroatoms. The number of amides is 1. The van der Waals surface area contributed by atoms with Gasteiger partial charge in [0.05, 0.1) is 0 Å². The van der Waals surface area contributed by atoms with Gasteiger partial charge in [-0.25, -0.2) is 8.78 Å². The Balaban J connectivity index is 2.21. The number of halogens is 2.